The summed E-state index contributed by atoms with van der Waals surface area (Å²) in [6.07, 6.45) is -3.47. The number of alkyl halides is 3. The maximum absolute atomic E-state index is 12.8. The Hall–Kier alpha value is -1.79. The molecule has 0 spiro atoms. The van der Waals surface area contributed by atoms with E-state index in [4.69, 9.17) is 0 Å². The van der Waals surface area contributed by atoms with Gasteiger partial charge in [-0.25, -0.2) is 0 Å². The molecule has 128 valence electrons. The molecule has 1 aromatic rings. The van der Waals surface area contributed by atoms with Crippen LogP contribution in [0.4, 0.5) is 13.2 Å². The van der Waals surface area contributed by atoms with Crippen molar-refractivity contribution in [3.8, 4) is 0 Å². The normalized spacial score (nSPS) is 22.0. The van der Waals surface area contributed by atoms with Crippen molar-refractivity contribution in [3.05, 3.63) is 33.2 Å². The van der Waals surface area contributed by atoms with Gasteiger partial charge < -0.3 is 10.3 Å². The van der Waals surface area contributed by atoms with Crippen LogP contribution in [-0.4, -0.2) is 17.1 Å². The Labute approximate surface area is 132 Å². The fourth-order valence-corrected chi connectivity index (χ4v) is 3.15. The van der Waals surface area contributed by atoms with E-state index < -0.39 is 23.9 Å². The molecule has 1 saturated carbocycles. The summed E-state index contributed by atoms with van der Waals surface area (Å²) >= 11 is 0. The van der Waals surface area contributed by atoms with Gasteiger partial charge in [0, 0.05) is 23.7 Å². The standard InChI is InChI=1S/C16H21F3N2O2/c1-9-6-10(2)21-15(23)13(9)8-20-14(22)11-4-3-5-12(7-11)16(17,18)19/h6,11-12H,3-5,7-8H2,1-2H3,(H,20,22)(H,21,23)/t11-,12+/m0/s1. The number of pyridine rings is 1. The third-order valence-electron chi connectivity index (χ3n) is 4.44. The van der Waals surface area contributed by atoms with Crippen LogP contribution in [0.2, 0.25) is 0 Å². The summed E-state index contributed by atoms with van der Waals surface area (Å²) in [7, 11) is 0. The molecule has 1 aliphatic carbocycles. The molecule has 1 heterocycles. The zero-order valence-electron chi connectivity index (χ0n) is 13.2. The van der Waals surface area contributed by atoms with Crippen molar-refractivity contribution in [1.29, 1.82) is 0 Å². The molecule has 2 N–H and O–H groups in total. The smallest absolute Gasteiger partial charge is 0.352 e. The number of aromatic amines is 1. The van der Waals surface area contributed by atoms with E-state index in [1.165, 1.54) is 0 Å². The number of halogens is 3. The lowest BCUT2D eigenvalue weighted by atomic mass is 9.80. The van der Waals surface area contributed by atoms with Crippen molar-refractivity contribution in [2.45, 2.75) is 52.3 Å². The van der Waals surface area contributed by atoms with E-state index >= 15 is 0 Å². The van der Waals surface area contributed by atoms with E-state index in [0.717, 1.165) is 11.3 Å². The molecule has 4 nitrogen and oxygen atoms in total. The Morgan fingerprint density at radius 2 is 2.04 bits per heavy atom. The number of nitrogens with one attached hydrogen (secondary N) is 2. The van der Waals surface area contributed by atoms with Gasteiger partial charge in [-0.05, 0) is 44.7 Å². The Morgan fingerprint density at radius 3 is 2.65 bits per heavy atom. The van der Waals surface area contributed by atoms with Gasteiger partial charge in [-0.15, -0.1) is 0 Å². The van der Waals surface area contributed by atoms with Gasteiger partial charge in [-0.1, -0.05) is 6.42 Å². The van der Waals surface area contributed by atoms with Crippen LogP contribution >= 0.6 is 0 Å². The zero-order valence-corrected chi connectivity index (χ0v) is 13.2. The van der Waals surface area contributed by atoms with Crippen LogP contribution in [0.5, 0.6) is 0 Å². The summed E-state index contributed by atoms with van der Waals surface area (Å²) < 4.78 is 38.4. The first-order valence-electron chi connectivity index (χ1n) is 7.72. The minimum atomic E-state index is -4.25. The molecule has 1 aliphatic rings. The molecule has 0 aromatic carbocycles. The highest BCUT2D eigenvalue weighted by molar-refractivity contribution is 5.78. The van der Waals surface area contributed by atoms with Gasteiger partial charge in [0.05, 0.1) is 5.92 Å². The lowest BCUT2D eigenvalue weighted by Gasteiger charge is -2.29. The number of amides is 1. The third kappa shape index (κ3) is 4.36. The second-order valence-corrected chi connectivity index (χ2v) is 6.26. The van der Waals surface area contributed by atoms with Crippen LogP contribution in [0.25, 0.3) is 0 Å². The number of aromatic nitrogens is 1. The Kier molecular flexibility index (Phi) is 5.16. The van der Waals surface area contributed by atoms with E-state index in [2.05, 4.69) is 10.3 Å². The van der Waals surface area contributed by atoms with Crippen molar-refractivity contribution in [2.75, 3.05) is 0 Å². The van der Waals surface area contributed by atoms with Gasteiger partial charge in [0.15, 0.2) is 0 Å². The second kappa shape index (κ2) is 6.76. The van der Waals surface area contributed by atoms with Gasteiger partial charge in [0.1, 0.15) is 0 Å². The largest absolute Gasteiger partial charge is 0.391 e. The first kappa shape index (κ1) is 17.6. The molecule has 1 aromatic heterocycles. The summed E-state index contributed by atoms with van der Waals surface area (Å²) in [5.74, 6) is -2.45. The van der Waals surface area contributed by atoms with E-state index in [1.807, 2.05) is 0 Å². The molecule has 0 radical (unpaired) electrons. The molecular formula is C16H21F3N2O2. The number of carbonyl (C=O) groups excluding carboxylic acids is 1. The minimum absolute atomic E-state index is 0.0352. The van der Waals surface area contributed by atoms with Crippen LogP contribution < -0.4 is 10.9 Å². The highest BCUT2D eigenvalue weighted by Crippen LogP contribution is 2.39. The molecule has 0 unspecified atom stereocenters. The maximum atomic E-state index is 12.8. The highest BCUT2D eigenvalue weighted by atomic mass is 19.4. The summed E-state index contributed by atoms with van der Waals surface area (Å²) in [4.78, 5) is 26.7. The van der Waals surface area contributed by atoms with Crippen LogP contribution in [0.3, 0.4) is 0 Å². The summed E-state index contributed by atoms with van der Waals surface area (Å²) in [6.45, 7) is 3.56. The van der Waals surface area contributed by atoms with Crippen molar-refractivity contribution < 1.29 is 18.0 Å². The molecule has 7 heteroatoms. The van der Waals surface area contributed by atoms with Gasteiger partial charge in [0.2, 0.25) is 5.91 Å². The predicted molar refractivity (Wildman–Crippen MR) is 79.9 cm³/mol. The van der Waals surface area contributed by atoms with Crippen LogP contribution in [0.1, 0.15) is 42.5 Å². The van der Waals surface area contributed by atoms with Crippen LogP contribution in [0.15, 0.2) is 10.9 Å². The number of hydrogen-bond donors (Lipinski definition) is 2. The second-order valence-electron chi connectivity index (χ2n) is 6.26. The monoisotopic (exact) mass is 330 g/mol. The van der Waals surface area contributed by atoms with Crippen molar-refractivity contribution in [1.82, 2.24) is 10.3 Å². The van der Waals surface area contributed by atoms with Gasteiger partial charge in [-0.3, -0.25) is 9.59 Å². The Morgan fingerprint density at radius 1 is 1.35 bits per heavy atom. The average molecular weight is 330 g/mol. The minimum Gasteiger partial charge on any atom is -0.352 e. The van der Waals surface area contributed by atoms with Gasteiger partial charge >= 0.3 is 6.18 Å². The fraction of sp³-hybridized carbons (Fsp3) is 0.625. The van der Waals surface area contributed by atoms with Crippen LogP contribution in [-0.2, 0) is 11.3 Å². The quantitative estimate of drug-likeness (QED) is 0.895. The van der Waals surface area contributed by atoms with E-state index in [0.29, 0.717) is 18.4 Å². The first-order chi connectivity index (χ1) is 10.7. The summed E-state index contributed by atoms with van der Waals surface area (Å²) in [5.41, 5.74) is 1.64. The van der Waals surface area contributed by atoms with Crippen molar-refractivity contribution >= 4 is 5.91 Å². The molecule has 0 bridgehead atoms. The fourth-order valence-electron chi connectivity index (χ4n) is 3.15. The summed E-state index contributed by atoms with van der Waals surface area (Å²) in [5, 5.41) is 2.62. The molecule has 2 atom stereocenters. The lowest BCUT2D eigenvalue weighted by molar-refractivity contribution is -0.186. The third-order valence-corrected chi connectivity index (χ3v) is 4.44. The lowest BCUT2D eigenvalue weighted by Crippen LogP contribution is -2.38. The van der Waals surface area contributed by atoms with Gasteiger partial charge in [-0.2, -0.15) is 13.2 Å². The van der Waals surface area contributed by atoms with Crippen molar-refractivity contribution in [2.24, 2.45) is 11.8 Å². The van der Waals surface area contributed by atoms with E-state index in [9.17, 15) is 22.8 Å². The molecule has 1 fully saturated rings. The number of H-pyrrole nitrogens is 1. The Balaban J connectivity index is 1.99. The molecule has 0 saturated heterocycles. The molecular weight excluding hydrogens is 309 g/mol. The maximum Gasteiger partial charge on any atom is 0.391 e. The van der Waals surface area contributed by atoms with Crippen molar-refractivity contribution in [3.63, 3.8) is 0 Å². The molecule has 1 amide bonds. The SMILES string of the molecule is Cc1cc(C)c(CNC(=O)[C@H]2CCC[C@@H](C(F)(F)F)C2)c(=O)[nH]1. The van der Waals surface area contributed by atoms with E-state index in [1.54, 1.807) is 19.9 Å². The number of carbonyl (C=O) groups is 1. The van der Waals surface area contributed by atoms with E-state index in [-0.39, 0.29) is 24.9 Å². The average Bonchev–Trinajstić information content (AvgIpc) is 2.45. The topological polar surface area (TPSA) is 62.0 Å². The first-order valence-corrected chi connectivity index (χ1v) is 7.72. The van der Waals surface area contributed by atoms with Crippen LogP contribution in [0, 0.1) is 25.7 Å². The molecule has 23 heavy (non-hydrogen) atoms. The summed E-state index contributed by atoms with van der Waals surface area (Å²) in [6, 6.07) is 1.79. The Bertz CT molecular complexity index is 637. The number of rotatable bonds is 3. The highest BCUT2D eigenvalue weighted by Gasteiger charge is 2.43. The van der Waals surface area contributed by atoms with Gasteiger partial charge in [0.25, 0.3) is 5.56 Å². The molecule has 0 aliphatic heterocycles. The zero-order chi connectivity index (χ0) is 17.2. The number of hydrogen-bond acceptors (Lipinski definition) is 2. The number of aryl methyl sites for hydroxylation is 2. The predicted octanol–water partition coefficient (Wildman–Crippen LogP) is 2.98. The molecule has 2 rings (SSSR count).